The van der Waals surface area contributed by atoms with E-state index in [0.29, 0.717) is 12.1 Å². The summed E-state index contributed by atoms with van der Waals surface area (Å²) in [5.74, 6) is -26.0. The van der Waals surface area contributed by atoms with Gasteiger partial charge >= 0.3 is 23.7 Å². The van der Waals surface area contributed by atoms with Crippen LogP contribution in [0.1, 0.15) is 11.1 Å². The second-order valence-corrected chi connectivity index (χ2v) is 4.52. The highest BCUT2D eigenvalue weighted by molar-refractivity contribution is 5.57. The average Bonchev–Trinajstić information content (AvgIpc) is 2.43. The standard InChI is InChI=1S/C12H8F8O2/c1-21-5-3-4-6(22-2)8-7(5)9(13,14)11(17,18)12(19,20)10(8,15)16/h3-4H,1-2H3. The highest BCUT2D eigenvalue weighted by Crippen LogP contribution is 2.67. The summed E-state index contributed by atoms with van der Waals surface area (Å²) in [7, 11) is 1.50. The molecule has 1 aromatic rings. The molecule has 1 aliphatic carbocycles. The van der Waals surface area contributed by atoms with E-state index in [2.05, 4.69) is 9.47 Å². The van der Waals surface area contributed by atoms with E-state index in [1.165, 1.54) is 0 Å². The van der Waals surface area contributed by atoms with Gasteiger partial charge in [-0.1, -0.05) is 0 Å². The van der Waals surface area contributed by atoms with Crippen LogP contribution in [0.4, 0.5) is 35.1 Å². The number of methoxy groups -OCH3 is 2. The normalized spacial score (nSPS) is 23.5. The van der Waals surface area contributed by atoms with Crippen LogP contribution in [0.3, 0.4) is 0 Å². The van der Waals surface area contributed by atoms with Gasteiger partial charge in [0, 0.05) is 0 Å². The molecule has 1 aromatic carbocycles. The van der Waals surface area contributed by atoms with Gasteiger partial charge in [-0.2, -0.15) is 35.1 Å². The van der Waals surface area contributed by atoms with Crippen LogP contribution in [0.15, 0.2) is 12.1 Å². The van der Waals surface area contributed by atoms with Gasteiger partial charge in [-0.25, -0.2) is 0 Å². The van der Waals surface area contributed by atoms with E-state index in [1.807, 2.05) is 0 Å². The Morgan fingerprint density at radius 3 is 1.14 bits per heavy atom. The van der Waals surface area contributed by atoms with Crippen molar-refractivity contribution in [3.63, 3.8) is 0 Å². The molecule has 0 unspecified atom stereocenters. The van der Waals surface area contributed by atoms with E-state index in [1.54, 1.807) is 0 Å². The number of hydrogen-bond donors (Lipinski definition) is 0. The zero-order valence-corrected chi connectivity index (χ0v) is 11.0. The van der Waals surface area contributed by atoms with Crippen LogP contribution in [0, 0.1) is 0 Å². The lowest BCUT2D eigenvalue weighted by atomic mass is 9.79. The minimum absolute atomic E-state index is 0.654. The Hall–Kier alpha value is -1.74. The van der Waals surface area contributed by atoms with Crippen molar-refractivity contribution in [2.45, 2.75) is 23.7 Å². The Morgan fingerprint density at radius 2 is 0.909 bits per heavy atom. The first-order valence-corrected chi connectivity index (χ1v) is 5.65. The summed E-state index contributed by atoms with van der Waals surface area (Å²) in [4.78, 5) is 0. The van der Waals surface area contributed by atoms with E-state index in [9.17, 15) is 35.1 Å². The Bertz CT molecular complexity index is 558. The first-order valence-electron chi connectivity index (χ1n) is 5.65. The Morgan fingerprint density at radius 1 is 0.636 bits per heavy atom. The summed E-state index contributed by atoms with van der Waals surface area (Å²) in [5.41, 5.74) is -4.04. The largest absolute Gasteiger partial charge is 0.496 e. The molecule has 10 heteroatoms. The third kappa shape index (κ3) is 1.60. The van der Waals surface area contributed by atoms with Crippen molar-refractivity contribution in [3.05, 3.63) is 23.3 Å². The number of alkyl halides is 8. The molecule has 2 rings (SSSR count). The molecule has 124 valence electrons. The van der Waals surface area contributed by atoms with Crippen molar-refractivity contribution in [1.82, 2.24) is 0 Å². The number of hydrogen-bond acceptors (Lipinski definition) is 2. The van der Waals surface area contributed by atoms with E-state index < -0.39 is 46.3 Å². The van der Waals surface area contributed by atoms with Crippen molar-refractivity contribution in [2.75, 3.05) is 14.2 Å². The topological polar surface area (TPSA) is 18.5 Å². The first-order chi connectivity index (χ1) is 9.87. The monoisotopic (exact) mass is 336 g/mol. The summed E-state index contributed by atoms with van der Waals surface area (Å²) in [6.07, 6.45) is 0. The molecule has 22 heavy (non-hydrogen) atoms. The van der Waals surface area contributed by atoms with Gasteiger partial charge in [0.05, 0.1) is 25.3 Å². The average molecular weight is 336 g/mol. The minimum atomic E-state index is -6.32. The molecule has 0 fully saturated rings. The Labute approximate surface area is 118 Å². The Kier molecular flexibility index (Phi) is 3.32. The van der Waals surface area contributed by atoms with Crippen LogP contribution in [-0.4, -0.2) is 26.1 Å². The van der Waals surface area contributed by atoms with Crippen LogP contribution in [0.25, 0.3) is 0 Å². The van der Waals surface area contributed by atoms with Crippen molar-refractivity contribution in [2.24, 2.45) is 0 Å². The van der Waals surface area contributed by atoms with Crippen LogP contribution in [0.5, 0.6) is 11.5 Å². The fourth-order valence-electron chi connectivity index (χ4n) is 2.24. The van der Waals surface area contributed by atoms with Crippen molar-refractivity contribution < 1.29 is 44.6 Å². The maximum atomic E-state index is 13.9. The number of fused-ring (bicyclic) bond motifs is 1. The predicted octanol–water partition coefficient (Wildman–Crippen LogP) is 4.17. The molecule has 0 aromatic heterocycles. The molecule has 0 saturated heterocycles. The summed E-state index contributed by atoms with van der Waals surface area (Å²) in [6, 6.07) is 1.31. The molecule has 0 aliphatic heterocycles. The molecule has 0 N–H and O–H groups in total. The lowest BCUT2D eigenvalue weighted by Crippen LogP contribution is -2.64. The zero-order chi connectivity index (χ0) is 17.1. The first kappa shape index (κ1) is 16.6. The van der Waals surface area contributed by atoms with Gasteiger partial charge in [-0.3, -0.25) is 0 Å². The molecule has 0 saturated carbocycles. The van der Waals surface area contributed by atoms with Crippen molar-refractivity contribution in [1.29, 1.82) is 0 Å². The second kappa shape index (κ2) is 4.39. The van der Waals surface area contributed by atoms with Crippen LogP contribution >= 0.6 is 0 Å². The van der Waals surface area contributed by atoms with E-state index >= 15 is 0 Å². The van der Waals surface area contributed by atoms with Gasteiger partial charge in [-0.05, 0) is 12.1 Å². The molecule has 1 aliphatic rings. The van der Waals surface area contributed by atoms with Crippen LogP contribution in [0.2, 0.25) is 0 Å². The summed E-state index contributed by atoms with van der Waals surface area (Å²) in [6.45, 7) is 0. The van der Waals surface area contributed by atoms with Crippen LogP contribution < -0.4 is 9.47 Å². The second-order valence-electron chi connectivity index (χ2n) is 4.52. The van der Waals surface area contributed by atoms with Gasteiger partial charge < -0.3 is 9.47 Å². The molecule has 0 amide bonds. The fraction of sp³-hybridized carbons (Fsp3) is 0.500. The quantitative estimate of drug-likeness (QED) is 0.755. The molecule has 2 nitrogen and oxygen atoms in total. The Balaban J connectivity index is 3.02. The van der Waals surface area contributed by atoms with E-state index in [4.69, 9.17) is 0 Å². The molecule has 0 bridgehead atoms. The summed E-state index contributed by atoms with van der Waals surface area (Å²) in [5, 5.41) is 0. The predicted molar refractivity (Wildman–Crippen MR) is 57.2 cm³/mol. The molecular weight excluding hydrogens is 328 g/mol. The maximum absolute atomic E-state index is 13.9. The number of ether oxygens (including phenoxy) is 2. The molecule has 0 heterocycles. The fourth-order valence-corrected chi connectivity index (χ4v) is 2.24. The van der Waals surface area contributed by atoms with Crippen molar-refractivity contribution in [3.8, 4) is 11.5 Å². The number of rotatable bonds is 2. The number of halogens is 8. The van der Waals surface area contributed by atoms with E-state index in [-0.39, 0.29) is 0 Å². The van der Waals surface area contributed by atoms with Gasteiger partial charge in [0.15, 0.2) is 0 Å². The minimum Gasteiger partial charge on any atom is -0.496 e. The third-order valence-corrected chi connectivity index (χ3v) is 3.38. The van der Waals surface area contributed by atoms with E-state index in [0.717, 1.165) is 14.2 Å². The SMILES string of the molecule is COc1ccc(OC)c2c1C(F)(F)C(F)(F)C(F)(F)C2(F)F. The summed E-state index contributed by atoms with van der Waals surface area (Å²) < 4.78 is 118. The van der Waals surface area contributed by atoms with Crippen molar-refractivity contribution >= 4 is 0 Å². The smallest absolute Gasteiger partial charge is 0.383 e. The molecule has 0 atom stereocenters. The molecule has 0 radical (unpaired) electrons. The number of benzene rings is 1. The zero-order valence-electron chi connectivity index (χ0n) is 11.0. The van der Waals surface area contributed by atoms with Crippen LogP contribution in [-0.2, 0) is 11.8 Å². The third-order valence-electron chi connectivity index (χ3n) is 3.38. The van der Waals surface area contributed by atoms with Gasteiger partial charge in [-0.15, -0.1) is 0 Å². The lowest BCUT2D eigenvalue weighted by molar-refractivity contribution is -0.387. The van der Waals surface area contributed by atoms with Gasteiger partial charge in [0.2, 0.25) is 0 Å². The highest BCUT2D eigenvalue weighted by Gasteiger charge is 2.86. The lowest BCUT2D eigenvalue weighted by Gasteiger charge is -2.43. The van der Waals surface area contributed by atoms with Gasteiger partial charge in [0.1, 0.15) is 11.5 Å². The van der Waals surface area contributed by atoms with Gasteiger partial charge in [0.25, 0.3) is 0 Å². The highest BCUT2D eigenvalue weighted by atomic mass is 19.4. The molecular formula is C12H8F8O2. The molecule has 0 spiro atoms. The maximum Gasteiger partial charge on any atom is 0.383 e. The summed E-state index contributed by atoms with van der Waals surface area (Å²) >= 11 is 0.